The van der Waals surface area contributed by atoms with Gasteiger partial charge in [0.05, 0.1) is 12.6 Å². The third-order valence-corrected chi connectivity index (χ3v) is 2.69. The first-order chi connectivity index (χ1) is 7.91. The van der Waals surface area contributed by atoms with E-state index in [2.05, 4.69) is 0 Å². The van der Waals surface area contributed by atoms with E-state index in [4.69, 9.17) is 0 Å². The normalized spacial score (nSPS) is 12.1. The SMILES string of the molecule is C[C@@H](O)c1ccc(N(C)CC(=O)N(C)C)cc1. The van der Waals surface area contributed by atoms with Crippen LogP contribution in [0.25, 0.3) is 0 Å². The van der Waals surface area contributed by atoms with Gasteiger partial charge in [0, 0.05) is 26.8 Å². The number of aliphatic hydroxyl groups is 1. The zero-order valence-electron chi connectivity index (χ0n) is 10.8. The number of benzene rings is 1. The van der Waals surface area contributed by atoms with Crippen LogP contribution in [-0.2, 0) is 4.79 Å². The number of nitrogens with zero attached hydrogens (tertiary/aromatic N) is 2. The topological polar surface area (TPSA) is 43.8 Å². The Bertz CT molecular complexity index is 372. The Morgan fingerprint density at radius 3 is 2.18 bits per heavy atom. The zero-order valence-corrected chi connectivity index (χ0v) is 10.8. The molecule has 1 amide bonds. The van der Waals surface area contributed by atoms with Crippen molar-refractivity contribution < 1.29 is 9.90 Å². The Morgan fingerprint density at radius 1 is 1.24 bits per heavy atom. The zero-order chi connectivity index (χ0) is 13.0. The van der Waals surface area contributed by atoms with Gasteiger partial charge in [-0.05, 0) is 24.6 Å². The maximum atomic E-state index is 11.5. The first-order valence-corrected chi connectivity index (χ1v) is 5.61. The molecule has 0 fully saturated rings. The van der Waals surface area contributed by atoms with Gasteiger partial charge >= 0.3 is 0 Å². The standard InChI is InChI=1S/C13H20N2O2/c1-10(16)11-5-7-12(8-6-11)15(4)9-13(17)14(2)3/h5-8,10,16H,9H2,1-4H3/t10-/m1/s1. The highest BCUT2D eigenvalue weighted by Crippen LogP contribution is 2.17. The maximum Gasteiger partial charge on any atom is 0.241 e. The summed E-state index contributed by atoms with van der Waals surface area (Å²) < 4.78 is 0. The highest BCUT2D eigenvalue weighted by Gasteiger charge is 2.09. The first-order valence-electron chi connectivity index (χ1n) is 5.61. The van der Waals surface area contributed by atoms with E-state index in [0.29, 0.717) is 6.54 Å². The van der Waals surface area contributed by atoms with E-state index in [9.17, 15) is 9.90 Å². The van der Waals surface area contributed by atoms with Gasteiger partial charge in [-0.15, -0.1) is 0 Å². The quantitative estimate of drug-likeness (QED) is 0.856. The van der Waals surface area contributed by atoms with Crippen molar-refractivity contribution in [2.75, 3.05) is 32.6 Å². The molecule has 0 aliphatic heterocycles. The second-order valence-corrected chi connectivity index (χ2v) is 4.41. The van der Waals surface area contributed by atoms with Gasteiger partial charge in [0.1, 0.15) is 0 Å². The number of rotatable bonds is 4. The minimum Gasteiger partial charge on any atom is -0.389 e. The smallest absolute Gasteiger partial charge is 0.241 e. The fourth-order valence-corrected chi connectivity index (χ4v) is 1.44. The van der Waals surface area contributed by atoms with E-state index in [1.807, 2.05) is 36.2 Å². The second kappa shape index (κ2) is 5.68. The number of aliphatic hydroxyl groups excluding tert-OH is 1. The average molecular weight is 236 g/mol. The van der Waals surface area contributed by atoms with Gasteiger partial charge in [-0.3, -0.25) is 4.79 Å². The maximum absolute atomic E-state index is 11.5. The van der Waals surface area contributed by atoms with Gasteiger partial charge in [0.25, 0.3) is 0 Å². The van der Waals surface area contributed by atoms with E-state index in [-0.39, 0.29) is 5.91 Å². The molecule has 0 bridgehead atoms. The van der Waals surface area contributed by atoms with Gasteiger partial charge in [-0.2, -0.15) is 0 Å². The van der Waals surface area contributed by atoms with Gasteiger partial charge in [-0.1, -0.05) is 12.1 Å². The molecule has 1 aromatic carbocycles. The van der Waals surface area contributed by atoms with Crippen LogP contribution in [0.2, 0.25) is 0 Å². The highest BCUT2D eigenvalue weighted by atomic mass is 16.3. The lowest BCUT2D eigenvalue weighted by molar-refractivity contribution is -0.127. The Morgan fingerprint density at radius 2 is 1.76 bits per heavy atom. The fraction of sp³-hybridized carbons (Fsp3) is 0.462. The van der Waals surface area contributed by atoms with Crippen LogP contribution in [0, 0.1) is 0 Å². The first kappa shape index (κ1) is 13.5. The summed E-state index contributed by atoms with van der Waals surface area (Å²) in [6.45, 7) is 2.08. The minimum atomic E-state index is -0.460. The third kappa shape index (κ3) is 3.75. The molecule has 1 aromatic rings. The van der Waals surface area contributed by atoms with Gasteiger partial charge < -0.3 is 14.9 Å². The van der Waals surface area contributed by atoms with Crippen LogP contribution in [0.1, 0.15) is 18.6 Å². The molecule has 0 saturated carbocycles. The molecular weight excluding hydrogens is 216 g/mol. The van der Waals surface area contributed by atoms with Crippen molar-refractivity contribution in [3.05, 3.63) is 29.8 Å². The summed E-state index contributed by atoms with van der Waals surface area (Å²) >= 11 is 0. The van der Waals surface area contributed by atoms with Crippen LogP contribution in [0.5, 0.6) is 0 Å². The van der Waals surface area contributed by atoms with Crippen molar-refractivity contribution in [3.8, 4) is 0 Å². The Hall–Kier alpha value is -1.55. The summed E-state index contributed by atoms with van der Waals surface area (Å²) in [6.07, 6.45) is -0.460. The predicted molar refractivity (Wildman–Crippen MR) is 69.0 cm³/mol. The van der Waals surface area contributed by atoms with Crippen molar-refractivity contribution in [2.24, 2.45) is 0 Å². The average Bonchev–Trinajstić information content (AvgIpc) is 2.28. The molecule has 1 N–H and O–H groups in total. The van der Waals surface area contributed by atoms with Gasteiger partial charge in [-0.25, -0.2) is 0 Å². The number of hydrogen-bond donors (Lipinski definition) is 1. The molecule has 0 radical (unpaired) electrons. The molecule has 0 heterocycles. The van der Waals surface area contributed by atoms with Crippen LogP contribution >= 0.6 is 0 Å². The third-order valence-electron chi connectivity index (χ3n) is 2.69. The van der Waals surface area contributed by atoms with Crippen molar-refractivity contribution in [1.29, 1.82) is 0 Å². The molecule has 1 rings (SSSR count). The van der Waals surface area contributed by atoms with E-state index in [1.165, 1.54) is 0 Å². The number of amides is 1. The van der Waals surface area contributed by atoms with Crippen LogP contribution in [-0.4, -0.2) is 43.6 Å². The Labute approximate surface area is 102 Å². The number of carbonyl (C=O) groups is 1. The largest absolute Gasteiger partial charge is 0.389 e. The molecule has 4 heteroatoms. The van der Waals surface area contributed by atoms with Crippen molar-refractivity contribution in [1.82, 2.24) is 4.90 Å². The highest BCUT2D eigenvalue weighted by molar-refractivity contribution is 5.80. The van der Waals surface area contributed by atoms with Crippen LogP contribution in [0.15, 0.2) is 24.3 Å². The molecule has 1 atom stereocenters. The van der Waals surface area contributed by atoms with Crippen LogP contribution in [0.3, 0.4) is 0 Å². The number of hydrogen-bond acceptors (Lipinski definition) is 3. The Kier molecular flexibility index (Phi) is 4.52. The number of anilines is 1. The van der Waals surface area contributed by atoms with E-state index in [1.54, 1.807) is 25.9 Å². The summed E-state index contributed by atoms with van der Waals surface area (Å²) in [5.41, 5.74) is 1.84. The van der Waals surface area contributed by atoms with E-state index < -0.39 is 6.10 Å². The van der Waals surface area contributed by atoms with Gasteiger partial charge in [0.15, 0.2) is 0 Å². The summed E-state index contributed by atoms with van der Waals surface area (Å²) in [5.74, 6) is 0.0621. The molecule has 0 unspecified atom stereocenters. The van der Waals surface area contributed by atoms with E-state index in [0.717, 1.165) is 11.3 Å². The van der Waals surface area contributed by atoms with Crippen LogP contribution < -0.4 is 4.90 Å². The van der Waals surface area contributed by atoms with Crippen LogP contribution in [0.4, 0.5) is 5.69 Å². The lowest BCUT2D eigenvalue weighted by Crippen LogP contribution is -2.34. The monoisotopic (exact) mass is 236 g/mol. The molecule has 0 spiro atoms. The molecular formula is C13H20N2O2. The van der Waals surface area contributed by atoms with E-state index >= 15 is 0 Å². The lowest BCUT2D eigenvalue weighted by Gasteiger charge is -2.21. The van der Waals surface area contributed by atoms with Crippen molar-refractivity contribution >= 4 is 11.6 Å². The summed E-state index contributed by atoms with van der Waals surface area (Å²) in [5, 5.41) is 9.40. The van der Waals surface area contributed by atoms with Gasteiger partial charge in [0.2, 0.25) is 5.91 Å². The molecule has 0 saturated heterocycles. The molecule has 0 aliphatic rings. The fourth-order valence-electron chi connectivity index (χ4n) is 1.44. The number of carbonyl (C=O) groups excluding carboxylic acids is 1. The predicted octanol–water partition coefficient (Wildman–Crippen LogP) is 1.26. The summed E-state index contributed by atoms with van der Waals surface area (Å²) in [7, 11) is 5.36. The summed E-state index contributed by atoms with van der Waals surface area (Å²) in [4.78, 5) is 15.0. The summed E-state index contributed by atoms with van der Waals surface area (Å²) in [6, 6.07) is 7.56. The Balaban J connectivity index is 2.70. The van der Waals surface area contributed by atoms with Crippen molar-refractivity contribution in [3.63, 3.8) is 0 Å². The molecule has 17 heavy (non-hydrogen) atoms. The minimum absolute atomic E-state index is 0.0621. The molecule has 0 aliphatic carbocycles. The molecule has 4 nitrogen and oxygen atoms in total. The van der Waals surface area contributed by atoms with Crippen molar-refractivity contribution in [2.45, 2.75) is 13.0 Å². The molecule has 0 aromatic heterocycles. The number of likely N-dealkylation sites (N-methyl/N-ethyl adjacent to an activating group) is 2. The second-order valence-electron chi connectivity index (χ2n) is 4.41. The lowest BCUT2D eigenvalue weighted by atomic mass is 10.1. The molecule has 94 valence electrons.